The van der Waals surface area contributed by atoms with Gasteiger partial charge >= 0.3 is 5.97 Å². The molecule has 1 N–H and O–H groups in total. The van der Waals surface area contributed by atoms with Gasteiger partial charge in [0.25, 0.3) is 0 Å². The number of halogens is 5. The molecular formula is C14H13F5O3. The lowest BCUT2D eigenvalue weighted by molar-refractivity contribution is -0.159. The van der Waals surface area contributed by atoms with Gasteiger partial charge in [0.05, 0.1) is 0 Å². The van der Waals surface area contributed by atoms with Gasteiger partial charge in [-0.1, -0.05) is 0 Å². The Kier molecular flexibility index (Phi) is 4.30. The number of hydrogen-bond acceptors (Lipinski definition) is 2. The van der Waals surface area contributed by atoms with Gasteiger partial charge in [0.2, 0.25) is 5.92 Å². The van der Waals surface area contributed by atoms with Gasteiger partial charge in [0, 0.05) is 25.0 Å². The molecule has 122 valence electrons. The smallest absolute Gasteiger partial charge is 0.313 e. The number of rotatable bonds is 4. The van der Waals surface area contributed by atoms with Crippen LogP contribution in [-0.2, 0) is 4.79 Å². The van der Waals surface area contributed by atoms with E-state index < -0.39 is 60.0 Å². The highest BCUT2D eigenvalue weighted by Crippen LogP contribution is 2.44. The van der Waals surface area contributed by atoms with Gasteiger partial charge in [-0.05, 0) is 12.8 Å². The summed E-state index contributed by atoms with van der Waals surface area (Å²) < 4.78 is 70.2. The Morgan fingerprint density at radius 2 is 1.59 bits per heavy atom. The molecule has 0 amide bonds. The third-order valence-corrected chi connectivity index (χ3v) is 3.86. The molecule has 0 unspecified atom stereocenters. The molecule has 0 bridgehead atoms. The summed E-state index contributed by atoms with van der Waals surface area (Å²) >= 11 is 0. The van der Waals surface area contributed by atoms with Gasteiger partial charge in [-0.2, -0.15) is 0 Å². The van der Waals surface area contributed by atoms with Gasteiger partial charge in [-0.3, -0.25) is 4.79 Å². The van der Waals surface area contributed by atoms with Crippen molar-refractivity contribution in [3.05, 3.63) is 29.6 Å². The first-order chi connectivity index (χ1) is 10.2. The highest BCUT2D eigenvalue weighted by atomic mass is 19.3. The molecule has 0 aliphatic heterocycles. The Hall–Kier alpha value is -1.86. The van der Waals surface area contributed by atoms with Gasteiger partial charge in [0.1, 0.15) is 17.8 Å². The molecule has 3 nitrogen and oxygen atoms in total. The maximum atomic E-state index is 13.2. The largest absolute Gasteiger partial charge is 0.492 e. The van der Waals surface area contributed by atoms with Crippen molar-refractivity contribution >= 4 is 5.97 Å². The molecule has 8 heteroatoms. The van der Waals surface area contributed by atoms with Gasteiger partial charge in [-0.15, -0.1) is 0 Å². The minimum absolute atomic E-state index is 0.318. The van der Waals surface area contributed by atoms with Crippen LogP contribution in [-0.4, -0.2) is 23.6 Å². The van der Waals surface area contributed by atoms with E-state index in [1.807, 2.05) is 0 Å². The second kappa shape index (κ2) is 5.73. The molecule has 0 aromatic heterocycles. The molecule has 1 fully saturated rings. The van der Waals surface area contributed by atoms with Crippen LogP contribution in [0.25, 0.3) is 0 Å². The van der Waals surface area contributed by atoms with Crippen LogP contribution in [0, 0.1) is 22.9 Å². The van der Waals surface area contributed by atoms with E-state index in [9.17, 15) is 31.9 Å². The van der Waals surface area contributed by atoms with Crippen molar-refractivity contribution in [3.8, 4) is 5.75 Å². The monoisotopic (exact) mass is 324 g/mol. The SMILES string of the molecule is O=C(O)C1(COc2cc(F)c(F)c(F)c2)CCC(F)(F)CC1. The molecule has 2 rings (SSSR count). The molecular weight excluding hydrogens is 311 g/mol. The zero-order valence-corrected chi connectivity index (χ0v) is 11.3. The second-order valence-corrected chi connectivity index (χ2v) is 5.43. The summed E-state index contributed by atoms with van der Waals surface area (Å²) in [6.07, 6.45) is -1.84. The number of benzene rings is 1. The summed E-state index contributed by atoms with van der Waals surface area (Å²) in [6.45, 7) is -0.525. The van der Waals surface area contributed by atoms with Crippen molar-refractivity contribution in [2.45, 2.75) is 31.6 Å². The molecule has 22 heavy (non-hydrogen) atoms. The first-order valence-corrected chi connectivity index (χ1v) is 6.54. The van der Waals surface area contributed by atoms with Crippen molar-refractivity contribution < 1.29 is 36.6 Å². The quantitative estimate of drug-likeness (QED) is 0.677. The molecule has 0 heterocycles. The number of carboxylic acid groups (broad SMARTS) is 1. The number of carbonyl (C=O) groups is 1. The highest BCUT2D eigenvalue weighted by Gasteiger charge is 2.48. The van der Waals surface area contributed by atoms with E-state index in [0.717, 1.165) is 0 Å². The average molecular weight is 324 g/mol. The van der Waals surface area contributed by atoms with Crippen molar-refractivity contribution in [2.24, 2.45) is 5.41 Å². The van der Waals surface area contributed by atoms with E-state index >= 15 is 0 Å². The van der Waals surface area contributed by atoms with E-state index in [0.29, 0.717) is 12.1 Å². The first-order valence-electron chi connectivity index (χ1n) is 6.54. The Morgan fingerprint density at radius 3 is 2.05 bits per heavy atom. The fourth-order valence-corrected chi connectivity index (χ4v) is 2.35. The number of hydrogen-bond donors (Lipinski definition) is 1. The van der Waals surface area contributed by atoms with Gasteiger partial charge in [-0.25, -0.2) is 22.0 Å². The molecule has 0 atom stereocenters. The lowest BCUT2D eigenvalue weighted by atomic mass is 9.73. The number of aliphatic carboxylic acids is 1. The summed E-state index contributed by atoms with van der Waals surface area (Å²) in [5.41, 5.74) is -1.55. The Balaban J connectivity index is 2.12. The molecule has 0 spiro atoms. The van der Waals surface area contributed by atoms with E-state index in [1.165, 1.54) is 0 Å². The Labute approximate surface area is 122 Å². The fraction of sp³-hybridized carbons (Fsp3) is 0.500. The number of ether oxygens (including phenoxy) is 1. The third kappa shape index (κ3) is 3.31. The van der Waals surface area contributed by atoms with Crippen molar-refractivity contribution in [1.82, 2.24) is 0 Å². The van der Waals surface area contributed by atoms with Gasteiger partial charge < -0.3 is 9.84 Å². The van der Waals surface area contributed by atoms with Gasteiger partial charge in [0.15, 0.2) is 17.5 Å². The topological polar surface area (TPSA) is 46.5 Å². The van der Waals surface area contributed by atoms with Crippen molar-refractivity contribution in [2.75, 3.05) is 6.61 Å². The van der Waals surface area contributed by atoms with Crippen LogP contribution in [0.3, 0.4) is 0 Å². The van der Waals surface area contributed by atoms with Crippen LogP contribution in [0.1, 0.15) is 25.7 Å². The minimum Gasteiger partial charge on any atom is -0.492 e. The van der Waals surface area contributed by atoms with Crippen LogP contribution in [0.15, 0.2) is 12.1 Å². The summed E-state index contributed by atoms with van der Waals surface area (Å²) in [5, 5.41) is 9.26. The first kappa shape index (κ1) is 16.5. The average Bonchev–Trinajstić information content (AvgIpc) is 2.43. The third-order valence-electron chi connectivity index (χ3n) is 3.86. The maximum Gasteiger partial charge on any atom is 0.313 e. The molecule has 0 saturated heterocycles. The Bertz CT molecular complexity index is 555. The molecule has 1 aliphatic carbocycles. The molecule has 1 aromatic rings. The number of carboxylic acids is 1. The van der Waals surface area contributed by atoms with Crippen LogP contribution in [0.2, 0.25) is 0 Å². The lowest BCUT2D eigenvalue weighted by Gasteiger charge is -2.36. The normalized spacial score (nSPS) is 19.7. The zero-order valence-electron chi connectivity index (χ0n) is 11.3. The van der Waals surface area contributed by atoms with Crippen molar-refractivity contribution in [3.63, 3.8) is 0 Å². The summed E-state index contributed by atoms with van der Waals surface area (Å²) in [4.78, 5) is 11.4. The molecule has 1 saturated carbocycles. The van der Waals surface area contributed by atoms with Crippen LogP contribution in [0.5, 0.6) is 5.75 Å². The fourth-order valence-electron chi connectivity index (χ4n) is 2.35. The summed E-state index contributed by atoms with van der Waals surface area (Å²) in [7, 11) is 0. The maximum absolute atomic E-state index is 13.2. The van der Waals surface area contributed by atoms with E-state index in [1.54, 1.807) is 0 Å². The predicted molar refractivity (Wildman–Crippen MR) is 65.3 cm³/mol. The molecule has 1 aromatic carbocycles. The molecule has 0 radical (unpaired) electrons. The van der Waals surface area contributed by atoms with Crippen LogP contribution in [0.4, 0.5) is 22.0 Å². The van der Waals surface area contributed by atoms with Crippen LogP contribution >= 0.6 is 0 Å². The molecule has 1 aliphatic rings. The zero-order chi connectivity index (χ0) is 16.5. The highest BCUT2D eigenvalue weighted by molar-refractivity contribution is 5.75. The van der Waals surface area contributed by atoms with E-state index in [2.05, 4.69) is 0 Å². The number of alkyl halides is 2. The predicted octanol–water partition coefficient (Wildman–Crippen LogP) is 3.76. The second-order valence-electron chi connectivity index (χ2n) is 5.43. The Morgan fingerprint density at radius 1 is 1.09 bits per heavy atom. The summed E-state index contributed by atoms with van der Waals surface area (Å²) in [6, 6.07) is 1.15. The summed E-state index contributed by atoms with van der Waals surface area (Å²) in [5.74, 6) is -9.25. The minimum atomic E-state index is -2.92. The van der Waals surface area contributed by atoms with Crippen molar-refractivity contribution in [1.29, 1.82) is 0 Å². The van der Waals surface area contributed by atoms with E-state index in [4.69, 9.17) is 4.74 Å². The van der Waals surface area contributed by atoms with Crippen LogP contribution < -0.4 is 4.74 Å². The van der Waals surface area contributed by atoms with E-state index in [-0.39, 0.29) is 12.8 Å². The lowest BCUT2D eigenvalue weighted by Crippen LogP contribution is -2.43. The standard InChI is InChI=1S/C14H13F5O3/c15-9-5-8(6-10(16)11(9)17)22-7-13(12(20)21)1-3-14(18,19)4-2-13/h5-6H,1-4,7H2,(H,20,21).